The van der Waals surface area contributed by atoms with E-state index in [0.717, 1.165) is 41.9 Å². The summed E-state index contributed by atoms with van der Waals surface area (Å²) in [5.74, 6) is 3.01. The van der Waals surface area contributed by atoms with Crippen molar-refractivity contribution >= 4 is 5.95 Å². The van der Waals surface area contributed by atoms with Crippen LogP contribution in [-0.2, 0) is 7.05 Å². The van der Waals surface area contributed by atoms with E-state index in [0.29, 0.717) is 5.92 Å². The van der Waals surface area contributed by atoms with Crippen molar-refractivity contribution < 1.29 is 4.42 Å². The fraction of sp³-hybridized carbons (Fsp3) is 0.389. The van der Waals surface area contributed by atoms with Crippen LogP contribution in [0, 0.1) is 5.92 Å². The fourth-order valence-corrected chi connectivity index (χ4v) is 3.29. The first-order valence-corrected chi connectivity index (χ1v) is 8.36. The van der Waals surface area contributed by atoms with Crippen molar-refractivity contribution in [2.24, 2.45) is 13.0 Å². The molecule has 3 aromatic rings. The summed E-state index contributed by atoms with van der Waals surface area (Å²) >= 11 is 0. The van der Waals surface area contributed by atoms with Crippen molar-refractivity contribution in [3.63, 3.8) is 0 Å². The van der Waals surface area contributed by atoms with Gasteiger partial charge in [0.1, 0.15) is 11.5 Å². The number of imidazole rings is 1. The highest BCUT2D eigenvalue weighted by atomic mass is 16.3. The van der Waals surface area contributed by atoms with Gasteiger partial charge in [0.2, 0.25) is 5.95 Å². The van der Waals surface area contributed by atoms with Gasteiger partial charge in [-0.2, -0.15) is 0 Å². The van der Waals surface area contributed by atoms with E-state index in [2.05, 4.69) is 21.8 Å². The maximum absolute atomic E-state index is 5.62. The second-order valence-corrected chi connectivity index (χ2v) is 6.46. The zero-order valence-corrected chi connectivity index (χ0v) is 14.0. The molecular weight excluding hydrogens is 302 g/mol. The molecule has 1 fully saturated rings. The van der Waals surface area contributed by atoms with Crippen LogP contribution in [0.2, 0.25) is 0 Å². The maximum atomic E-state index is 5.62. The first kappa shape index (κ1) is 14.9. The molecule has 24 heavy (non-hydrogen) atoms. The molecule has 1 saturated heterocycles. The third-order valence-corrected chi connectivity index (χ3v) is 4.53. The third-order valence-electron chi connectivity index (χ3n) is 4.53. The quantitative estimate of drug-likeness (QED) is 0.739. The molecule has 0 amide bonds. The molecule has 0 radical (unpaired) electrons. The van der Waals surface area contributed by atoms with E-state index in [1.54, 1.807) is 12.5 Å². The molecule has 0 aromatic carbocycles. The molecule has 124 valence electrons. The van der Waals surface area contributed by atoms with Crippen molar-refractivity contribution in [3.8, 4) is 22.8 Å². The SMILES string of the molecule is C[C@H]1CCCN(c2ncc(-c3nccn3C)c(-c3ccco3)n2)C1. The summed E-state index contributed by atoms with van der Waals surface area (Å²) < 4.78 is 7.58. The highest BCUT2D eigenvalue weighted by Gasteiger charge is 2.22. The Hall–Kier alpha value is -2.63. The van der Waals surface area contributed by atoms with Crippen molar-refractivity contribution in [2.45, 2.75) is 19.8 Å². The third kappa shape index (κ3) is 2.68. The lowest BCUT2D eigenvalue weighted by Crippen LogP contribution is -2.35. The number of hydrogen-bond donors (Lipinski definition) is 0. The first-order valence-electron chi connectivity index (χ1n) is 8.36. The molecular formula is C18H21N5O. The number of aromatic nitrogens is 4. The molecule has 1 atom stereocenters. The molecule has 0 spiro atoms. The molecule has 4 rings (SSSR count). The summed E-state index contributed by atoms with van der Waals surface area (Å²) in [7, 11) is 1.97. The summed E-state index contributed by atoms with van der Waals surface area (Å²) in [5.41, 5.74) is 1.67. The molecule has 4 heterocycles. The summed E-state index contributed by atoms with van der Waals surface area (Å²) in [6.45, 7) is 4.28. The second-order valence-electron chi connectivity index (χ2n) is 6.46. The van der Waals surface area contributed by atoms with Gasteiger partial charge >= 0.3 is 0 Å². The lowest BCUT2D eigenvalue weighted by Gasteiger charge is -2.31. The van der Waals surface area contributed by atoms with E-state index in [-0.39, 0.29) is 0 Å². The van der Waals surface area contributed by atoms with Crippen LogP contribution in [0.3, 0.4) is 0 Å². The topological polar surface area (TPSA) is 60.0 Å². The monoisotopic (exact) mass is 323 g/mol. The van der Waals surface area contributed by atoms with Crippen LogP contribution in [0.25, 0.3) is 22.8 Å². The average Bonchev–Trinajstić information content (AvgIpc) is 3.26. The molecule has 0 aliphatic carbocycles. The molecule has 6 heteroatoms. The standard InChI is InChI=1S/C18H21N5O/c1-13-5-3-8-23(12-13)18-20-11-14(17-19-7-9-22(17)2)16(21-18)15-6-4-10-24-15/h4,6-7,9-11,13H,3,5,8,12H2,1-2H3/t13-/m0/s1. The Morgan fingerprint density at radius 2 is 2.21 bits per heavy atom. The van der Waals surface area contributed by atoms with E-state index in [4.69, 9.17) is 9.40 Å². The van der Waals surface area contributed by atoms with E-state index >= 15 is 0 Å². The smallest absolute Gasteiger partial charge is 0.226 e. The number of piperidine rings is 1. The Morgan fingerprint density at radius 3 is 2.92 bits per heavy atom. The van der Waals surface area contributed by atoms with Gasteiger partial charge in [-0.05, 0) is 30.9 Å². The molecule has 0 saturated carbocycles. The van der Waals surface area contributed by atoms with Crippen LogP contribution >= 0.6 is 0 Å². The summed E-state index contributed by atoms with van der Waals surface area (Å²) in [6.07, 6.45) is 9.68. The van der Waals surface area contributed by atoms with Gasteiger partial charge in [0.05, 0.1) is 11.8 Å². The van der Waals surface area contributed by atoms with Gasteiger partial charge in [-0.15, -0.1) is 0 Å². The Bertz CT molecular complexity index is 824. The minimum atomic E-state index is 0.670. The fourth-order valence-electron chi connectivity index (χ4n) is 3.29. The largest absolute Gasteiger partial charge is 0.463 e. The van der Waals surface area contributed by atoms with Crippen LogP contribution in [0.4, 0.5) is 5.95 Å². The zero-order chi connectivity index (χ0) is 16.5. The van der Waals surface area contributed by atoms with Crippen LogP contribution in [0.1, 0.15) is 19.8 Å². The minimum absolute atomic E-state index is 0.670. The number of furan rings is 1. The number of rotatable bonds is 3. The van der Waals surface area contributed by atoms with Crippen molar-refractivity contribution in [2.75, 3.05) is 18.0 Å². The molecule has 1 aliphatic rings. The first-order chi connectivity index (χ1) is 11.7. The highest BCUT2D eigenvalue weighted by Crippen LogP contribution is 2.31. The van der Waals surface area contributed by atoms with Crippen LogP contribution in [-0.4, -0.2) is 32.6 Å². The Balaban J connectivity index is 1.80. The second kappa shape index (κ2) is 6.11. The predicted molar refractivity (Wildman–Crippen MR) is 92.5 cm³/mol. The van der Waals surface area contributed by atoms with Crippen molar-refractivity contribution in [3.05, 3.63) is 37.0 Å². The lowest BCUT2D eigenvalue weighted by atomic mass is 10.0. The molecule has 3 aromatic heterocycles. The Labute approximate surface area is 141 Å². The van der Waals surface area contributed by atoms with E-state index in [1.165, 1.54) is 12.8 Å². The molecule has 0 bridgehead atoms. The van der Waals surface area contributed by atoms with Gasteiger partial charge in [0, 0.05) is 38.7 Å². The molecule has 6 nitrogen and oxygen atoms in total. The van der Waals surface area contributed by atoms with Gasteiger partial charge in [-0.25, -0.2) is 15.0 Å². The van der Waals surface area contributed by atoms with Crippen molar-refractivity contribution in [1.29, 1.82) is 0 Å². The minimum Gasteiger partial charge on any atom is -0.463 e. The van der Waals surface area contributed by atoms with E-state index in [9.17, 15) is 0 Å². The molecule has 0 N–H and O–H groups in total. The normalized spacial score (nSPS) is 18.1. The maximum Gasteiger partial charge on any atom is 0.226 e. The number of hydrogen-bond acceptors (Lipinski definition) is 5. The predicted octanol–water partition coefficient (Wildman–Crippen LogP) is 3.37. The van der Waals surface area contributed by atoms with Crippen LogP contribution < -0.4 is 4.90 Å². The zero-order valence-electron chi connectivity index (χ0n) is 14.0. The van der Waals surface area contributed by atoms with Crippen LogP contribution in [0.15, 0.2) is 41.4 Å². The number of aryl methyl sites for hydroxylation is 1. The van der Waals surface area contributed by atoms with E-state index < -0.39 is 0 Å². The Kier molecular flexibility index (Phi) is 3.80. The number of nitrogens with zero attached hydrogens (tertiary/aromatic N) is 5. The van der Waals surface area contributed by atoms with E-state index in [1.807, 2.05) is 36.1 Å². The van der Waals surface area contributed by atoms with Gasteiger partial charge < -0.3 is 13.9 Å². The summed E-state index contributed by atoms with van der Waals surface area (Å²) in [5, 5.41) is 0. The Morgan fingerprint density at radius 1 is 1.29 bits per heavy atom. The molecule has 1 aliphatic heterocycles. The van der Waals surface area contributed by atoms with Gasteiger partial charge in [0.15, 0.2) is 5.76 Å². The molecule has 0 unspecified atom stereocenters. The lowest BCUT2D eigenvalue weighted by molar-refractivity contribution is 0.442. The van der Waals surface area contributed by atoms with Crippen LogP contribution in [0.5, 0.6) is 0 Å². The van der Waals surface area contributed by atoms with Gasteiger partial charge in [-0.3, -0.25) is 0 Å². The summed E-state index contributed by atoms with van der Waals surface area (Å²) in [4.78, 5) is 16.2. The van der Waals surface area contributed by atoms with Gasteiger partial charge in [-0.1, -0.05) is 6.92 Å². The highest BCUT2D eigenvalue weighted by molar-refractivity contribution is 5.75. The summed E-state index contributed by atoms with van der Waals surface area (Å²) in [6, 6.07) is 3.81. The van der Waals surface area contributed by atoms with Crippen molar-refractivity contribution in [1.82, 2.24) is 19.5 Å². The number of anilines is 1. The average molecular weight is 323 g/mol. The van der Waals surface area contributed by atoms with Gasteiger partial charge in [0.25, 0.3) is 0 Å².